The summed E-state index contributed by atoms with van der Waals surface area (Å²) in [5.74, 6) is -0.884. The van der Waals surface area contributed by atoms with Gasteiger partial charge in [0.15, 0.2) is 0 Å². The SMILES string of the molecule is O=C(NC[C@@H]1CCCO1)[C@@H](c1ccc(F)cc1)N(C(=O)Cn1nnc2ccccc21)C1CCCC1. The highest BCUT2D eigenvalue weighted by Gasteiger charge is 2.38. The average Bonchev–Trinajstić information content (AvgIpc) is 3.65. The molecular weight excluding hydrogens is 449 g/mol. The second-order valence-electron chi connectivity index (χ2n) is 9.31. The summed E-state index contributed by atoms with van der Waals surface area (Å²) in [4.78, 5) is 29.2. The molecule has 0 bridgehead atoms. The number of ether oxygens (including phenoxy) is 1. The molecule has 8 nitrogen and oxygen atoms in total. The van der Waals surface area contributed by atoms with E-state index < -0.39 is 6.04 Å². The Morgan fingerprint density at radius 3 is 2.60 bits per heavy atom. The fourth-order valence-corrected chi connectivity index (χ4v) is 5.18. The lowest BCUT2D eigenvalue weighted by Gasteiger charge is -2.36. The van der Waals surface area contributed by atoms with Gasteiger partial charge in [0, 0.05) is 19.2 Å². The maximum absolute atomic E-state index is 13.8. The van der Waals surface area contributed by atoms with Crippen LogP contribution in [0.5, 0.6) is 0 Å². The zero-order valence-electron chi connectivity index (χ0n) is 19.6. The Hall–Kier alpha value is -3.33. The van der Waals surface area contributed by atoms with Gasteiger partial charge < -0.3 is 15.0 Å². The molecule has 0 spiro atoms. The molecular formula is C26H30FN5O3. The first-order valence-corrected chi connectivity index (χ1v) is 12.3. The first-order chi connectivity index (χ1) is 17.1. The minimum Gasteiger partial charge on any atom is -0.376 e. The Labute approximate surface area is 203 Å². The van der Waals surface area contributed by atoms with Crippen molar-refractivity contribution in [2.24, 2.45) is 0 Å². The van der Waals surface area contributed by atoms with Crippen molar-refractivity contribution in [3.05, 3.63) is 59.9 Å². The summed E-state index contributed by atoms with van der Waals surface area (Å²) in [6.07, 6.45) is 5.47. The summed E-state index contributed by atoms with van der Waals surface area (Å²) in [6.45, 7) is 1.05. The molecule has 1 aliphatic carbocycles. The second kappa shape index (κ2) is 10.5. The Morgan fingerprint density at radius 1 is 1.09 bits per heavy atom. The number of hydrogen-bond acceptors (Lipinski definition) is 5. The standard InChI is InChI=1S/C26H30FN5O3/c27-19-13-11-18(12-14-19)25(26(34)28-16-21-8-5-15-35-21)32(20-6-1-2-7-20)24(33)17-31-23-10-4-3-9-22(23)29-30-31/h3-4,9-14,20-21,25H,1-2,5-8,15-17H2,(H,28,34)/t21-,25+/m0/s1. The fraction of sp³-hybridized carbons (Fsp3) is 0.462. The highest BCUT2D eigenvalue weighted by Crippen LogP contribution is 2.32. The lowest BCUT2D eigenvalue weighted by molar-refractivity contribution is -0.144. The number of aromatic nitrogens is 3. The number of nitrogens with zero attached hydrogens (tertiary/aromatic N) is 4. The fourth-order valence-electron chi connectivity index (χ4n) is 5.18. The van der Waals surface area contributed by atoms with Crippen LogP contribution in [0, 0.1) is 5.82 Å². The van der Waals surface area contributed by atoms with Gasteiger partial charge in [-0.2, -0.15) is 0 Å². The maximum Gasteiger partial charge on any atom is 0.247 e. The van der Waals surface area contributed by atoms with Gasteiger partial charge >= 0.3 is 0 Å². The molecule has 1 saturated heterocycles. The van der Waals surface area contributed by atoms with Crippen molar-refractivity contribution < 1.29 is 18.7 Å². The van der Waals surface area contributed by atoms with E-state index >= 15 is 0 Å². The number of rotatable bonds is 8. The van der Waals surface area contributed by atoms with Gasteiger partial charge in [0.05, 0.1) is 11.6 Å². The molecule has 184 valence electrons. The Balaban J connectivity index is 1.46. The number of carbonyl (C=O) groups excluding carboxylic acids is 2. The van der Waals surface area contributed by atoms with E-state index in [-0.39, 0.29) is 36.3 Å². The smallest absolute Gasteiger partial charge is 0.247 e. The van der Waals surface area contributed by atoms with Gasteiger partial charge in [-0.3, -0.25) is 9.59 Å². The summed E-state index contributed by atoms with van der Waals surface area (Å²) in [7, 11) is 0. The van der Waals surface area contributed by atoms with E-state index in [9.17, 15) is 14.0 Å². The van der Waals surface area contributed by atoms with Crippen molar-refractivity contribution in [2.45, 2.75) is 63.3 Å². The molecule has 0 unspecified atom stereocenters. The van der Waals surface area contributed by atoms with E-state index in [1.807, 2.05) is 24.3 Å². The summed E-state index contributed by atoms with van der Waals surface area (Å²) in [5.41, 5.74) is 2.05. The van der Waals surface area contributed by atoms with Gasteiger partial charge in [0.25, 0.3) is 0 Å². The van der Waals surface area contributed by atoms with Gasteiger partial charge in [0.2, 0.25) is 11.8 Å². The minimum atomic E-state index is -0.873. The molecule has 3 aromatic rings. The summed E-state index contributed by atoms with van der Waals surface area (Å²) < 4.78 is 21.0. The Morgan fingerprint density at radius 2 is 1.86 bits per heavy atom. The van der Waals surface area contributed by atoms with Gasteiger partial charge in [-0.25, -0.2) is 9.07 Å². The molecule has 0 radical (unpaired) electrons. The molecule has 1 aromatic heterocycles. The van der Waals surface area contributed by atoms with Crippen LogP contribution in [0.15, 0.2) is 48.5 Å². The van der Waals surface area contributed by atoms with E-state index in [1.165, 1.54) is 12.1 Å². The van der Waals surface area contributed by atoms with Crippen LogP contribution >= 0.6 is 0 Å². The number of carbonyl (C=O) groups is 2. The van der Waals surface area contributed by atoms with Crippen LogP contribution in [-0.2, 0) is 20.9 Å². The van der Waals surface area contributed by atoms with Crippen molar-refractivity contribution in [1.82, 2.24) is 25.2 Å². The summed E-state index contributed by atoms with van der Waals surface area (Å²) in [6, 6.07) is 12.3. The number of para-hydroxylation sites is 1. The number of halogens is 1. The molecule has 2 amide bonds. The van der Waals surface area contributed by atoms with Crippen molar-refractivity contribution in [1.29, 1.82) is 0 Å². The quantitative estimate of drug-likeness (QED) is 0.535. The van der Waals surface area contributed by atoms with Crippen LogP contribution in [-0.4, -0.2) is 57.0 Å². The number of hydrogen-bond donors (Lipinski definition) is 1. The molecule has 1 aliphatic heterocycles. The lowest BCUT2D eigenvalue weighted by atomic mass is 10.0. The molecule has 9 heteroatoms. The number of nitrogens with one attached hydrogen (secondary N) is 1. The van der Waals surface area contributed by atoms with E-state index in [2.05, 4.69) is 15.6 Å². The largest absolute Gasteiger partial charge is 0.376 e. The second-order valence-corrected chi connectivity index (χ2v) is 9.31. The van der Waals surface area contributed by atoms with Crippen molar-refractivity contribution in [3.63, 3.8) is 0 Å². The van der Waals surface area contributed by atoms with Crippen molar-refractivity contribution in [2.75, 3.05) is 13.2 Å². The predicted molar refractivity (Wildman–Crippen MR) is 128 cm³/mol. The summed E-state index contributed by atoms with van der Waals surface area (Å²) >= 11 is 0. The molecule has 2 heterocycles. The average molecular weight is 480 g/mol. The van der Waals surface area contributed by atoms with Crippen LogP contribution in [0.4, 0.5) is 4.39 Å². The molecule has 1 saturated carbocycles. The van der Waals surface area contributed by atoms with Crippen LogP contribution in [0.3, 0.4) is 0 Å². The van der Waals surface area contributed by atoms with Crippen LogP contribution in [0.25, 0.3) is 11.0 Å². The van der Waals surface area contributed by atoms with Crippen LogP contribution < -0.4 is 5.32 Å². The highest BCUT2D eigenvalue weighted by molar-refractivity contribution is 5.89. The zero-order chi connectivity index (χ0) is 24.2. The van der Waals surface area contributed by atoms with E-state index in [0.29, 0.717) is 24.2 Å². The molecule has 5 rings (SSSR count). The summed E-state index contributed by atoms with van der Waals surface area (Å²) in [5, 5.41) is 11.3. The molecule has 2 aromatic carbocycles. The molecule has 35 heavy (non-hydrogen) atoms. The van der Waals surface area contributed by atoms with Crippen LogP contribution in [0.1, 0.15) is 50.1 Å². The van der Waals surface area contributed by atoms with E-state index in [0.717, 1.165) is 44.0 Å². The monoisotopic (exact) mass is 479 g/mol. The highest BCUT2D eigenvalue weighted by atomic mass is 19.1. The number of amides is 2. The van der Waals surface area contributed by atoms with Gasteiger partial charge in [-0.05, 0) is 55.5 Å². The lowest BCUT2D eigenvalue weighted by Crippen LogP contribution is -2.50. The predicted octanol–water partition coefficient (Wildman–Crippen LogP) is 3.38. The maximum atomic E-state index is 13.8. The Kier molecular flexibility index (Phi) is 7.03. The van der Waals surface area contributed by atoms with Crippen molar-refractivity contribution in [3.8, 4) is 0 Å². The molecule has 2 atom stereocenters. The Bertz CT molecular complexity index is 1170. The normalized spacial score (nSPS) is 19.2. The third-order valence-corrected chi connectivity index (χ3v) is 6.95. The minimum absolute atomic E-state index is 0.0232. The third-order valence-electron chi connectivity index (χ3n) is 6.95. The van der Waals surface area contributed by atoms with E-state index in [1.54, 1.807) is 21.7 Å². The first kappa shape index (κ1) is 23.4. The van der Waals surface area contributed by atoms with Gasteiger partial charge in [-0.15, -0.1) is 5.10 Å². The third kappa shape index (κ3) is 5.19. The van der Waals surface area contributed by atoms with Crippen LogP contribution in [0.2, 0.25) is 0 Å². The van der Waals surface area contributed by atoms with Gasteiger partial charge in [-0.1, -0.05) is 42.3 Å². The van der Waals surface area contributed by atoms with E-state index in [4.69, 9.17) is 4.74 Å². The topological polar surface area (TPSA) is 89.4 Å². The zero-order valence-corrected chi connectivity index (χ0v) is 19.6. The molecule has 1 N–H and O–H groups in total. The first-order valence-electron chi connectivity index (χ1n) is 12.3. The molecule has 2 fully saturated rings. The number of benzene rings is 2. The number of fused-ring (bicyclic) bond motifs is 1. The molecule has 2 aliphatic rings. The van der Waals surface area contributed by atoms with Gasteiger partial charge in [0.1, 0.15) is 23.9 Å². The van der Waals surface area contributed by atoms with Crippen molar-refractivity contribution >= 4 is 22.8 Å².